The minimum Gasteiger partial charge on any atom is -0.324 e. The number of rotatable bonds is 5. The molecule has 1 N–H and O–H groups in total. The monoisotopic (exact) mass is 337 g/mol. The van der Waals surface area contributed by atoms with Crippen molar-refractivity contribution < 1.29 is 9.18 Å². The van der Waals surface area contributed by atoms with Crippen LogP contribution in [-0.4, -0.2) is 60.2 Å². The molecule has 2 atom stereocenters. The molecule has 0 saturated carbocycles. The number of nitrogens with one attached hydrogen (secondary N) is 1. The van der Waals surface area contributed by atoms with E-state index in [2.05, 4.69) is 10.2 Å². The lowest BCUT2D eigenvalue weighted by atomic mass is 10.2. The van der Waals surface area contributed by atoms with Gasteiger partial charge in [-0.2, -0.15) is 0 Å². The van der Waals surface area contributed by atoms with Gasteiger partial charge < -0.3 is 10.2 Å². The van der Waals surface area contributed by atoms with Gasteiger partial charge in [-0.25, -0.2) is 4.39 Å². The van der Waals surface area contributed by atoms with Crippen molar-refractivity contribution in [1.29, 1.82) is 0 Å². The highest BCUT2D eigenvalue weighted by molar-refractivity contribution is 8.01. The number of carbonyl (C=O) groups is 1. The van der Waals surface area contributed by atoms with Crippen LogP contribution in [0.1, 0.15) is 24.3 Å². The van der Waals surface area contributed by atoms with Gasteiger partial charge in [-0.1, -0.05) is 19.1 Å². The van der Waals surface area contributed by atoms with Crippen LogP contribution in [0.25, 0.3) is 0 Å². The number of piperazine rings is 1. The Morgan fingerprint density at radius 2 is 2.09 bits per heavy atom. The Bertz CT molecular complexity index is 550. The van der Waals surface area contributed by atoms with Crippen molar-refractivity contribution in [2.24, 2.45) is 0 Å². The van der Waals surface area contributed by atoms with Crippen molar-refractivity contribution in [3.8, 4) is 0 Å². The molecule has 2 saturated heterocycles. The summed E-state index contributed by atoms with van der Waals surface area (Å²) in [5, 5.41) is 3.27. The molecule has 2 heterocycles. The minimum absolute atomic E-state index is 0.00806. The van der Waals surface area contributed by atoms with E-state index in [4.69, 9.17) is 0 Å². The van der Waals surface area contributed by atoms with E-state index in [9.17, 15) is 9.18 Å². The molecule has 0 bridgehead atoms. The molecule has 3 rings (SSSR count). The van der Waals surface area contributed by atoms with E-state index in [1.807, 2.05) is 17.9 Å². The highest BCUT2D eigenvalue weighted by Crippen LogP contribution is 2.44. The number of carbonyl (C=O) groups excluding carboxylic acids is 1. The smallest absolute Gasteiger partial charge is 0.236 e. The Morgan fingerprint density at radius 1 is 1.30 bits per heavy atom. The average Bonchev–Trinajstić information content (AvgIpc) is 2.90. The molecule has 0 aromatic heterocycles. The normalized spacial score (nSPS) is 26.0. The molecule has 0 spiro atoms. The standard InChI is InChI=1S/C17H24FN3OS/c1-2-15-16(22)21(11-10-20-8-6-19-7-9-20)17(23-15)13-4-3-5-14(18)12-13/h3-5,12,15,17,19H,2,6-11H2,1H3/t15-,17+/m0/s1. The fourth-order valence-electron chi connectivity index (χ4n) is 3.19. The lowest BCUT2D eigenvalue weighted by molar-refractivity contribution is -0.130. The van der Waals surface area contributed by atoms with Crippen LogP contribution in [0.5, 0.6) is 0 Å². The Balaban J connectivity index is 1.71. The van der Waals surface area contributed by atoms with Crippen molar-refractivity contribution >= 4 is 17.7 Å². The lowest BCUT2D eigenvalue weighted by Gasteiger charge is -2.31. The molecule has 1 aromatic rings. The Labute approximate surface area is 141 Å². The summed E-state index contributed by atoms with van der Waals surface area (Å²) >= 11 is 1.65. The van der Waals surface area contributed by atoms with Gasteiger partial charge >= 0.3 is 0 Å². The van der Waals surface area contributed by atoms with Gasteiger partial charge in [0.05, 0.1) is 5.25 Å². The first-order valence-electron chi connectivity index (χ1n) is 8.33. The van der Waals surface area contributed by atoms with Crippen molar-refractivity contribution in [2.45, 2.75) is 24.0 Å². The zero-order valence-electron chi connectivity index (χ0n) is 13.5. The summed E-state index contributed by atoms with van der Waals surface area (Å²) in [4.78, 5) is 17.0. The Hall–Kier alpha value is -1.11. The highest BCUT2D eigenvalue weighted by Gasteiger charge is 2.39. The first-order chi connectivity index (χ1) is 11.2. The number of amides is 1. The molecule has 23 heavy (non-hydrogen) atoms. The summed E-state index contributed by atoms with van der Waals surface area (Å²) in [6.07, 6.45) is 0.819. The van der Waals surface area contributed by atoms with Gasteiger partial charge in [0.15, 0.2) is 0 Å². The van der Waals surface area contributed by atoms with E-state index >= 15 is 0 Å². The van der Waals surface area contributed by atoms with Crippen LogP contribution >= 0.6 is 11.8 Å². The number of nitrogens with zero attached hydrogens (tertiary/aromatic N) is 2. The molecule has 6 heteroatoms. The third-order valence-corrected chi connectivity index (χ3v) is 6.15. The first kappa shape index (κ1) is 16.7. The summed E-state index contributed by atoms with van der Waals surface area (Å²) < 4.78 is 13.6. The van der Waals surface area contributed by atoms with Gasteiger partial charge in [0.25, 0.3) is 0 Å². The maximum Gasteiger partial charge on any atom is 0.236 e. The summed E-state index contributed by atoms with van der Waals surface area (Å²) in [5.41, 5.74) is 0.889. The summed E-state index contributed by atoms with van der Waals surface area (Å²) in [6.45, 7) is 7.70. The molecule has 4 nitrogen and oxygen atoms in total. The summed E-state index contributed by atoms with van der Waals surface area (Å²) in [7, 11) is 0. The third kappa shape index (κ3) is 3.87. The predicted molar refractivity (Wildman–Crippen MR) is 91.8 cm³/mol. The van der Waals surface area contributed by atoms with E-state index in [0.29, 0.717) is 6.54 Å². The second kappa shape index (κ2) is 7.64. The number of thioether (sulfide) groups is 1. The molecule has 1 aromatic carbocycles. The molecule has 0 aliphatic carbocycles. The molecule has 0 radical (unpaired) electrons. The van der Waals surface area contributed by atoms with Gasteiger partial charge in [-0.15, -0.1) is 11.8 Å². The van der Waals surface area contributed by atoms with Gasteiger partial charge in [0, 0.05) is 39.3 Å². The molecule has 2 aliphatic heterocycles. The zero-order chi connectivity index (χ0) is 16.2. The van der Waals surface area contributed by atoms with Crippen molar-refractivity contribution in [3.05, 3.63) is 35.6 Å². The first-order valence-corrected chi connectivity index (χ1v) is 9.28. The minimum atomic E-state index is -0.238. The average molecular weight is 337 g/mol. The van der Waals surface area contributed by atoms with E-state index < -0.39 is 0 Å². The second-order valence-corrected chi connectivity index (χ2v) is 7.35. The van der Waals surface area contributed by atoms with Crippen LogP contribution in [-0.2, 0) is 4.79 Å². The van der Waals surface area contributed by atoms with Crippen molar-refractivity contribution in [3.63, 3.8) is 0 Å². The molecule has 0 unspecified atom stereocenters. The molecule has 126 valence electrons. The maximum absolute atomic E-state index is 13.6. The largest absolute Gasteiger partial charge is 0.324 e. The summed E-state index contributed by atoms with van der Waals surface area (Å²) in [6, 6.07) is 6.65. The van der Waals surface area contributed by atoms with E-state index in [0.717, 1.165) is 44.7 Å². The number of halogens is 1. The molecular weight excluding hydrogens is 313 g/mol. The van der Waals surface area contributed by atoms with Crippen LogP contribution in [0, 0.1) is 5.82 Å². The van der Waals surface area contributed by atoms with E-state index in [1.54, 1.807) is 23.9 Å². The molecule has 2 aliphatic rings. The Morgan fingerprint density at radius 3 is 2.78 bits per heavy atom. The van der Waals surface area contributed by atoms with E-state index in [1.165, 1.54) is 6.07 Å². The second-order valence-electron chi connectivity index (χ2n) is 6.06. The number of hydrogen-bond acceptors (Lipinski definition) is 4. The lowest BCUT2D eigenvalue weighted by Crippen LogP contribution is -2.47. The number of benzene rings is 1. The zero-order valence-corrected chi connectivity index (χ0v) is 14.3. The van der Waals surface area contributed by atoms with Crippen LogP contribution < -0.4 is 5.32 Å². The fraction of sp³-hybridized carbons (Fsp3) is 0.588. The summed E-state index contributed by atoms with van der Waals surface area (Å²) in [5.74, 6) is -0.0422. The van der Waals surface area contributed by atoms with Crippen molar-refractivity contribution in [2.75, 3.05) is 39.3 Å². The molecular formula is C17H24FN3OS. The number of hydrogen-bond donors (Lipinski definition) is 1. The van der Waals surface area contributed by atoms with Crippen LogP contribution in [0.4, 0.5) is 4.39 Å². The van der Waals surface area contributed by atoms with Gasteiger partial charge in [-0.05, 0) is 24.1 Å². The third-order valence-electron chi connectivity index (χ3n) is 4.51. The van der Waals surface area contributed by atoms with Gasteiger partial charge in [0.2, 0.25) is 5.91 Å². The quantitative estimate of drug-likeness (QED) is 0.892. The fourth-order valence-corrected chi connectivity index (χ4v) is 4.60. The molecule has 2 fully saturated rings. The van der Waals surface area contributed by atoms with Crippen molar-refractivity contribution in [1.82, 2.24) is 15.1 Å². The van der Waals surface area contributed by atoms with Gasteiger partial charge in [0.1, 0.15) is 11.2 Å². The van der Waals surface area contributed by atoms with Crippen LogP contribution in [0.2, 0.25) is 0 Å². The SMILES string of the molecule is CC[C@@H]1S[C@H](c2cccc(F)c2)N(CCN2CCNCC2)C1=O. The predicted octanol–water partition coefficient (Wildman–Crippen LogP) is 2.08. The van der Waals surface area contributed by atoms with Crippen LogP contribution in [0.15, 0.2) is 24.3 Å². The topological polar surface area (TPSA) is 35.6 Å². The highest BCUT2D eigenvalue weighted by atomic mass is 32.2. The molecule has 1 amide bonds. The van der Waals surface area contributed by atoms with E-state index in [-0.39, 0.29) is 22.3 Å². The van der Waals surface area contributed by atoms with Crippen LogP contribution in [0.3, 0.4) is 0 Å². The Kier molecular flexibility index (Phi) is 5.56. The van der Waals surface area contributed by atoms with Gasteiger partial charge in [-0.3, -0.25) is 9.69 Å². The maximum atomic E-state index is 13.6.